The first-order valence-corrected chi connectivity index (χ1v) is 11.0. The van der Waals surface area contributed by atoms with Gasteiger partial charge in [0.15, 0.2) is 5.96 Å². The Hall–Kier alpha value is -2.04. The van der Waals surface area contributed by atoms with Crippen molar-refractivity contribution in [2.45, 2.75) is 26.2 Å². The molecular weight excluding hydrogens is 507 g/mol. The van der Waals surface area contributed by atoms with Gasteiger partial charge in [0.05, 0.1) is 6.54 Å². The minimum Gasteiger partial charge on any atom is -0.368 e. The van der Waals surface area contributed by atoms with Crippen LogP contribution < -0.4 is 20.9 Å². The molecule has 1 aliphatic heterocycles. The predicted molar refractivity (Wildman–Crippen MR) is 135 cm³/mol. The number of benzene rings is 1. The lowest BCUT2D eigenvalue weighted by Gasteiger charge is -2.36. The third-order valence-corrected chi connectivity index (χ3v) is 5.36. The van der Waals surface area contributed by atoms with Crippen molar-refractivity contribution in [3.63, 3.8) is 0 Å². The van der Waals surface area contributed by atoms with Gasteiger partial charge in [0.2, 0.25) is 11.8 Å². The van der Waals surface area contributed by atoms with Gasteiger partial charge in [-0.1, -0.05) is 18.2 Å². The SMILES string of the molecule is CCNC(=NCCC(=O)N1CCN(c2ccccc2)CC1)NCCNC(=O)C1CC1.I. The van der Waals surface area contributed by atoms with Gasteiger partial charge in [-0.3, -0.25) is 14.6 Å². The van der Waals surface area contributed by atoms with Gasteiger partial charge in [-0.15, -0.1) is 24.0 Å². The molecule has 3 N–H and O–H groups in total. The average Bonchev–Trinajstić information content (AvgIpc) is 3.63. The molecule has 0 unspecified atom stereocenters. The summed E-state index contributed by atoms with van der Waals surface area (Å²) in [7, 11) is 0. The smallest absolute Gasteiger partial charge is 0.224 e. The number of carbonyl (C=O) groups is 2. The molecule has 0 bridgehead atoms. The van der Waals surface area contributed by atoms with E-state index in [4.69, 9.17) is 0 Å². The molecule has 0 spiro atoms. The fraction of sp³-hybridized carbons (Fsp3) is 0.591. The summed E-state index contributed by atoms with van der Waals surface area (Å²) < 4.78 is 0. The van der Waals surface area contributed by atoms with E-state index in [1.807, 2.05) is 30.0 Å². The Morgan fingerprint density at radius 2 is 1.68 bits per heavy atom. The van der Waals surface area contributed by atoms with Crippen molar-refractivity contribution >= 4 is 47.4 Å². The molecule has 0 aromatic heterocycles. The fourth-order valence-electron chi connectivity index (χ4n) is 3.47. The molecule has 0 atom stereocenters. The van der Waals surface area contributed by atoms with E-state index in [0.29, 0.717) is 32.0 Å². The Morgan fingerprint density at radius 3 is 2.32 bits per heavy atom. The molecule has 1 aromatic carbocycles. The van der Waals surface area contributed by atoms with Crippen molar-refractivity contribution in [2.75, 3.05) is 57.3 Å². The first kappa shape index (κ1) is 25.2. The van der Waals surface area contributed by atoms with Crippen LogP contribution >= 0.6 is 24.0 Å². The highest BCUT2D eigenvalue weighted by Gasteiger charge is 2.29. The highest BCUT2D eigenvalue weighted by Crippen LogP contribution is 2.28. The van der Waals surface area contributed by atoms with Crippen molar-refractivity contribution in [3.8, 4) is 0 Å². The van der Waals surface area contributed by atoms with Crippen molar-refractivity contribution < 1.29 is 9.59 Å². The number of nitrogens with zero attached hydrogens (tertiary/aromatic N) is 3. The fourth-order valence-corrected chi connectivity index (χ4v) is 3.47. The van der Waals surface area contributed by atoms with Crippen molar-refractivity contribution in [1.82, 2.24) is 20.9 Å². The summed E-state index contributed by atoms with van der Waals surface area (Å²) >= 11 is 0. The van der Waals surface area contributed by atoms with E-state index in [2.05, 4.69) is 38.0 Å². The average molecular weight is 542 g/mol. The van der Waals surface area contributed by atoms with Gasteiger partial charge in [0, 0.05) is 63.8 Å². The second kappa shape index (κ2) is 13.4. The molecule has 2 amide bonds. The molecule has 3 rings (SSSR count). The molecule has 1 heterocycles. The maximum atomic E-state index is 12.5. The third-order valence-electron chi connectivity index (χ3n) is 5.36. The molecule has 1 aromatic rings. The highest BCUT2D eigenvalue weighted by atomic mass is 127. The number of amides is 2. The van der Waals surface area contributed by atoms with Crippen LogP contribution in [0.25, 0.3) is 0 Å². The number of hydrogen-bond donors (Lipinski definition) is 3. The molecule has 31 heavy (non-hydrogen) atoms. The first-order valence-electron chi connectivity index (χ1n) is 11.0. The summed E-state index contributed by atoms with van der Waals surface area (Å²) in [6.45, 7) is 7.59. The number of piperazine rings is 1. The third kappa shape index (κ3) is 8.54. The van der Waals surface area contributed by atoms with E-state index in [-0.39, 0.29) is 41.7 Å². The summed E-state index contributed by atoms with van der Waals surface area (Å²) in [4.78, 5) is 32.9. The molecule has 8 nitrogen and oxygen atoms in total. The second-order valence-corrected chi connectivity index (χ2v) is 7.71. The van der Waals surface area contributed by atoms with Crippen LogP contribution in [0.4, 0.5) is 5.69 Å². The minimum absolute atomic E-state index is 0. The molecule has 0 radical (unpaired) electrons. The van der Waals surface area contributed by atoms with Crippen molar-refractivity contribution in [3.05, 3.63) is 30.3 Å². The summed E-state index contributed by atoms with van der Waals surface area (Å²) in [5.74, 6) is 1.21. The molecule has 9 heteroatoms. The lowest BCUT2D eigenvalue weighted by molar-refractivity contribution is -0.131. The standard InChI is InChI=1S/C22H34N6O2.HI/c1-2-23-22(26-13-12-24-21(30)18-8-9-18)25-11-10-20(29)28-16-14-27(15-17-28)19-6-4-3-5-7-19;/h3-7,18H,2,8-17H2,1H3,(H,24,30)(H2,23,25,26);1H. The van der Waals surface area contributed by atoms with Crippen LogP contribution in [0.5, 0.6) is 0 Å². The van der Waals surface area contributed by atoms with Gasteiger partial charge in [-0.2, -0.15) is 0 Å². The number of para-hydroxylation sites is 1. The number of guanidine groups is 1. The molecular formula is C22H35IN6O2. The van der Waals surface area contributed by atoms with Crippen LogP contribution in [0.1, 0.15) is 26.2 Å². The lowest BCUT2D eigenvalue weighted by atomic mass is 10.2. The largest absolute Gasteiger partial charge is 0.368 e. The number of aliphatic imine (C=N–C) groups is 1. The van der Waals surface area contributed by atoms with Crippen LogP contribution in [0.3, 0.4) is 0 Å². The molecule has 2 fully saturated rings. The van der Waals surface area contributed by atoms with Crippen LogP contribution in [0.15, 0.2) is 35.3 Å². The predicted octanol–water partition coefficient (Wildman–Crippen LogP) is 1.42. The second-order valence-electron chi connectivity index (χ2n) is 7.71. The number of anilines is 1. The number of hydrogen-bond acceptors (Lipinski definition) is 4. The maximum Gasteiger partial charge on any atom is 0.224 e. The van der Waals surface area contributed by atoms with E-state index in [0.717, 1.165) is 45.6 Å². The molecule has 1 saturated carbocycles. The van der Waals surface area contributed by atoms with E-state index >= 15 is 0 Å². The highest BCUT2D eigenvalue weighted by molar-refractivity contribution is 14.0. The molecule has 172 valence electrons. The summed E-state index contributed by atoms with van der Waals surface area (Å²) in [6, 6.07) is 10.3. The van der Waals surface area contributed by atoms with E-state index in [1.54, 1.807) is 0 Å². The summed E-state index contributed by atoms with van der Waals surface area (Å²) in [5.41, 5.74) is 1.21. The van der Waals surface area contributed by atoms with Gasteiger partial charge in [-0.05, 0) is 31.9 Å². The zero-order valence-electron chi connectivity index (χ0n) is 18.3. The number of rotatable bonds is 9. The number of nitrogens with one attached hydrogen (secondary N) is 3. The monoisotopic (exact) mass is 542 g/mol. The molecule has 1 saturated heterocycles. The molecule has 1 aliphatic carbocycles. The van der Waals surface area contributed by atoms with Gasteiger partial charge in [0.1, 0.15) is 0 Å². The lowest BCUT2D eigenvalue weighted by Crippen LogP contribution is -2.49. The Labute approximate surface area is 202 Å². The normalized spacial score (nSPS) is 16.4. The molecule has 2 aliphatic rings. The number of carbonyl (C=O) groups excluding carboxylic acids is 2. The van der Waals surface area contributed by atoms with Crippen LogP contribution in [-0.4, -0.2) is 75.0 Å². The van der Waals surface area contributed by atoms with Gasteiger partial charge >= 0.3 is 0 Å². The van der Waals surface area contributed by atoms with Crippen molar-refractivity contribution in [2.24, 2.45) is 10.9 Å². The zero-order valence-corrected chi connectivity index (χ0v) is 20.6. The van der Waals surface area contributed by atoms with Gasteiger partial charge in [0.25, 0.3) is 0 Å². The van der Waals surface area contributed by atoms with E-state index in [1.165, 1.54) is 5.69 Å². The van der Waals surface area contributed by atoms with Crippen LogP contribution in [0, 0.1) is 5.92 Å². The minimum atomic E-state index is 0. The Bertz CT molecular complexity index is 718. The maximum absolute atomic E-state index is 12.5. The van der Waals surface area contributed by atoms with E-state index < -0.39 is 0 Å². The zero-order chi connectivity index (χ0) is 21.2. The Morgan fingerprint density at radius 1 is 1.00 bits per heavy atom. The Kier molecular flexibility index (Phi) is 10.9. The van der Waals surface area contributed by atoms with E-state index in [9.17, 15) is 9.59 Å². The van der Waals surface area contributed by atoms with Gasteiger partial charge < -0.3 is 25.8 Å². The van der Waals surface area contributed by atoms with Crippen LogP contribution in [-0.2, 0) is 9.59 Å². The first-order chi connectivity index (χ1) is 14.7. The van der Waals surface area contributed by atoms with Crippen molar-refractivity contribution in [1.29, 1.82) is 0 Å². The van der Waals surface area contributed by atoms with Crippen LogP contribution in [0.2, 0.25) is 0 Å². The Balaban J connectivity index is 0.00000341. The summed E-state index contributed by atoms with van der Waals surface area (Å²) in [6.07, 6.45) is 2.43. The quantitative estimate of drug-likeness (QED) is 0.190. The topological polar surface area (TPSA) is 89.1 Å². The van der Waals surface area contributed by atoms with Gasteiger partial charge in [-0.25, -0.2) is 0 Å². The summed E-state index contributed by atoms with van der Waals surface area (Å²) in [5, 5.41) is 9.31. The number of halogens is 1.